The SMILES string of the molecule is CN(C)CC(NC(=O)c1ccc(Cl)cc1[N+](=O)[O-])c1ccccc1. The summed E-state index contributed by atoms with van der Waals surface area (Å²) in [5, 5.41) is 14.3. The largest absolute Gasteiger partial charge is 0.344 e. The summed E-state index contributed by atoms with van der Waals surface area (Å²) in [4.78, 5) is 25.1. The Bertz CT molecular complexity index is 735. The highest BCUT2D eigenvalue weighted by atomic mass is 35.5. The molecule has 0 fully saturated rings. The predicted molar refractivity (Wildman–Crippen MR) is 93.3 cm³/mol. The molecule has 0 spiro atoms. The van der Waals surface area contributed by atoms with Crippen LogP contribution in [0.25, 0.3) is 0 Å². The van der Waals surface area contributed by atoms with Crippen LogP contribution >= 0.6 is 11.6 Å². The Kier molecular flexibility index (Phi) is 5.89. The molecule has 1 atom stereocenters. The Morgan fingerprint density at radius 2 is 1.92 bits per heavy atom. The number of hydrogen-bond donors (Lipinski definition) is 1. The van der Waals surface area contributed by atoms with Crippen LogP contribution in [-0.4, -0.2) is 36.4 Å². The minimum atomic E-state index is -0.607. The summed E-state index contributed by atoms with van der Waals surface area (Å²) < 4.78 is 0. The highest BCUT2D eigenvalue weighted by Gasteiger charge is 2.23. The molecule has 0 heterocycles. The minimum absolute atomic E-state index is 0.0101. The average Bonchev–Trinajstić information content (AvgIpc) is 2.54. The van der Waals surface area contributed by atoms with Gasteiger partial charge in [0.1, 0.15) is 5.56 Å². The Morgan fingerprint density at radius 3 is 2.50 bits per heavy atom. The van der Waals surface area contributed by atoms with Crippen molar-refractivity contribution in [2.75, 3.05) is 20.6 Å². The number of hydrogen-bond acceptors (Lipinski definition) is 4. The molecular formula is C17H18ClN3O3. The van der Waals surface area contributed by atoms with Crippen molar-refractivity contribution in [1.82, 2.24) is 10.2 Å². The summed E-state index contributed by atoms with van der Waals surface area (Å²) in [6.07, 6.45) is 0. The molecule has 0 aliphatic rings. The van der Waals surface area contributed by atoms with Crippen LogP contribution in [0.15, 0.2) is 48.5 Å². The summed E-state index contributed by atoms with van der Waals surface area (Å²) in [5.74, 6) is -0.505. The zero-order valence-electron chi connectivity index (χ0n) is 13.4. The molecule has 1 unspecified atom stereocenters. The van der Waals surface area contributed by atoms with E-state index in [1.165, 1.54) is 18.2 Å². The molecule has 2 rings (SSSR count). The van der Waals surface area contributed by atoms with Crippen molar-refractivity contribution in [1.29, 1.82) is 0 Å². The molecule has 0 saturated carbocycles. The van der Waals surface area contributed by atoms with Gasteiger partial charge < -0.3 is 10.2 Å². The van der Waals surface area contributed by atoms with Gasteiger partial charge in [-0.05, 0) is 31.8 Å². The third-order valence-corrected chi connectivity index (χ3v) is 3.69. The van der Waals surface area contributed by atoms with E-state index < -0.39 is 10.8 Å². The standard InChI is InChI=1S/C17H18ClN3O3/c1-20(2)11-15(12-6-4-3-5-7-12)19-17(22)14-9-8-13(18)10-16(14)21(23)24/h3-10,15H,11H2,1-2H3,(H,19,22). The Hall–Kier alpha value is -2.44. The van der Waals surface area contributed by atoms with Crippen LogP contribution in [0.3, 0.4) is 0 Å². The van der Waals surface area contributed by atoms with Crippen LogP contribution in [0.2, 0.25) is 5.02 Å². The van der Waals surface area contributed by atoms with Gasteiger partial charge in [0.25, 0.3) is 11.6 Å². The second kappa shape index (κ2) is 7.90. The highest BCUT2D eigenvalue weighted by molar-refractivity contribution is 6.31. The maximum Gasteiger partial charge on any atom is 0.283 e. The summed E-state index contributed by atoms with van der Waals surface area (Å²) >= 11 is 5.79. The summed E-state index contributed by atoms with van der Waals surface area (Å²) in [5.41, 5.74) is 0.608. The number of likely N-dealkylation sites (N-methyl/N-ethyl adjacent to an activating group) is 1. The van der Waals surface area contributed by atoms with Crippen molar-refractivity contribution in [3.05, 3.63) is 74.8 Å². The lowest BCUT2D eigenvalue weighted by atomic mass is 10.1. The van der Waals surface area contributed by atoms with E-state index in [9.17, 15) is 14.9 Å². The van der Waals surface area contributed by atoms with E-state index in [0.717, 1.165) is 5.56 Å². The van der Waals surface area contributed by atoms with E-state index >= 15 is 0 Å². The van der Waals surface area contributed by atoms with Crippen molar-refractivity contribution in [2.24, 2.45) is 0 Å². The summed E-state index contributed by atoms with van der Waals surface area (Å²) in [6, 6.07) is 13.2. The van der Waals surface area contributed by atoms with Crippen LogP contribution in [-0.2, 0) is 0 Å². The number of nitro groups is 1. The van der Waals surface area contributed by atoms with E-state index in [0.29, 0.717) is 6.54 Å². The normalized spacial score (nSPS) is 12.0. The topological polar surface area (TPSA) is 75.5 Å². The first-order chi connectivity index (χ1) is 11.4. The fourth-order valence-corrected chi connectivity index (χ4v) is 2.54. The first kappa shape index (κ1) is 17.9. The zero-order chi connectivity index (χ0) is 17.7. The van der Waals surface area contributed by atoms with Crippen molar-refractivity contribution < 1.29 is 9.72 Å². The van der Waals surface area contributed by atoms with E-state index in [-0.39, 0.29) is 22.3 Å². The predicted octanol–water partition coefficient (Wildman–Crippen LogP) is 3.28. The number of carbonyl (C=O) groups excluding carboxylic acids is 1. The van der Waals surface area contributed by atoms with Crippen LogP contribution < -0.4 is 5.32 Å². The summed E-state index contributed by atoms with van der Waals surface area (Å²) in [6.45, 7) is 0.567. The van der Waals surface area contributed by atoms with Gasteiger partial charge in [-0.1, -0.05) is 41.9 Å². The number of amides is 1. The molecule has 6 nitrogen and oxygen atoms in total. The lowest BCUT2D eigenvalue weighted by Crippen LogP contribution is -2.35. The van der Waals surface area contributed by atoms with Crippen molar-refractivity contribution >= 4 is 23.2 Å². The van der Waals surface area contributed by atoms with Gasteiger partial charge in [-0.25, -0.2) is 0 Å². The number of nitro benzene ring substituents is 1. The first-order valence-corrected chi connectivity index (χ1v) is 7.70. The molecule has 0 radical (unpaired) electrons. The maximum absolute atomic E-state index is 12.6. The Labute approximate surface area is 145 Å². The molecule has 0 aliphatic heterocycles. The molecule has 0 aliphatic carbocycles. The van der Waals surface area contributed by atoms with Gasteiger partial charge in [0.15, 0.2) is 0 Å². The molecule has 1 N–H and O–H groups in total. The molecule has 126 valence electrons. The number of nitrogens with one attached hydrogen (secondary N) is 1. The summed E-state index contributed by atoms with van der Waals surface area (Å²) in [7, 11) is 3.79. The molecule has 1 amide bonds. The number of rotatable bonds is 6. The van der Waals surface area contributed by atoms with Gasteiger partial charge in [-0.15, -0.1) is 0 Å². The third-order valence-electron chi connectivity index (χ3n) is 3.46. The second-order valence-electron chi connectivity index (χ2n) is 5.62. The van der Waals surface area contributed by atoms with Crippen molar-refractivity contribution in [2.45, 2.75) is 6.04 Å². The van der Waals surface area contributed by atoms with E-state index in [1.807, 2.05) is 49.3 Å². The maximum atomic E-state index is 12.6. The van der Waals surface area contributed by atoms with E-state index in [4.69, 9.17) is 11.6 Å². The van der Waals surface area contributed by atoms with Crippen LogP contribution in [0.1, 0.15) is 22.0 Å². The van der Waals surface area contributed by atoms with E-state index in [1.54, 1.807) is 0 Å². The van der Waals surface area contributed by atoms with Gasteiger partial charge in [0, 0.05) is 17.6 Å². The molecule has 0 aromatic heterocycles. The second-order valence-corrected chi connectivity index (χ2v) is 6.05. The fraction of sp³-hybridized carbons (Fsp3) is 0.235. The van der Waals surface area contributed by atoms with E-state index in [2.05, 4.69) is 5.32 Å². The molecule has 24 heavy (non-hydrogen) atoms. The quantitative estimate of drug-likeness (QED) is 0.642. The first-order valence-electron chi connectivity index (χ1n) is 7.33. The van der Waals surface area contributed by atoms with Crippen molar-refractivity contribution in [3.63, 3.8) is 0 Å². The van der Waals surface area contributed by atoms with Gasteiger partial charge >= 0.3 is 0 Å². The van der Waals surface area contributed by atoms with Crippen molar-refractivity contribution in [3.8, 4) is 0 Å². The highest BCUT2D eigenvalue weighted by Crippen LogP contribution is 2.24. The van der Waals surface area contributed by atoms with Gasteiger partial charge in [-0.2, -0.15) is 0 Å². The molecular weight excluding hydrogens is 330 g/mol. The monoisotopic (exact) mass is 347 g/mol. The molecule has 0 bridgehead atoms. The molecule has 7 heteroatoms. The van der Waals surface area contributed by atoms with Crippen LogP contribution in [0.4, 0.5) is 5.69 Å². The number of benzene rings is 2. The third kappa shape index (κ3) is 4.53. The number of carbonyl (C=O) groups is 1. The number of halogens is 1. The minimum Gasteiger partial charge on any atom is -0.344 e. The van der Waals surface area contributed by atoms with Crippen LogP contribution in [0.5, 0.6) is 0 Å². The lowest BCUT2D eigenvalue weighted by molar-refractivity contribution is -0.385. The van der Waals surface area contributed by atoms with Gasteiger partial charge in [-0.3, -0.25) is 14.9 Å². The number of nitrogens with zero attached hydrogens (tertiary/aromatic N) is 2. The molecule has 2 aromatic carbocycles. The Morgan fingerprint density at radius 1 is 1.25 bits per heavy atom. The lowest BCUT2D eigenvalue weighted by Gasteiger charge is -2.23. The van der Waals surface area contributed by atoms with Crippen LogP contribution in [0, 0.1) is 10.1 Å². The zero-order valence-corrected chi connectivity index (χ0v) is 14.2. The smallest absolute Gasteiger partial charge is 0.283 e. The average molecular weight is 348 g/mol. The van der Waals surface area contributed by atoms with Gasteiger partial charge in [0.05, 0.1) is 11.0 Å². The fourth-order valence-electron chi connectivity index (χ4n) is 2.37. The molecule has 2 aromatic rings. The molecule has 0 saturated heterocycles. The Balaban J connectivity index is 2.30. The van der Waals surface area contributed by atoms with Gasteiger partial charge in [0.2, 0.25) is 0 Å².